The molecule has 2 atom stereocenters. The summed E-state index contributed by atoms with van der Waals surface area (Å²) in [6.45, 7) is 5.01. The molecule has 0 bridgehead atoms. The molecule has 0 saturated heterocycles. The molecule has 0 unspecified atom stereocenters. The standard InChI is InChI=1S/C18H25NO/c1-13(2)18(20)17(12-19(3)4)16-10-9-14-7-5-6-8-15(14)11-16/h5-11,13,17-18,20H,12H2,1-4H3/t17-,18+/m1/s1. The van der Waals surface area contributed by atoms with Gasteiger partial charge in [-0.25, -0.2) is 0 Å². The van der Waals surface area contributed by atoms with E-state index in [4.69, 9.17) is 0 Å². The lowest BCUT2D eigenvalue weighted by Gasteiger charge is -2.29. The zero-order chi connectivity index (χ0) is 14.7. The fourth-order valence-electron chi connectivity index (χ4n) is 2.71. The Hall–Kier alpha value is -1.38. The topological polar surface area (TPSA) is 23.5 Å². The molecule has 2 heteroatoms. The SMILES string of the molecule is CC(C)[C@H](O)[C@H](CN(C)C)c1ccc2ccccc2c1. The zero-order valence-electron chi connectivity index (χ0n) is 12.9. The minimum Gasteiger partial charge on any atom is -0.392 e. The summed E-state index contributed by atoms with van der Waals surface area (Å²) < 4.78 is 0. The van der Waals surface area contributed by atoms with Crippen molar-refractivity contribution in [3.8, 4) is 0 Å². The number of likely N-dealkylation sites (N-methyl/N-ethyl adjacent to an activating group) is 1. The smallest absolute Gasteiger partial charge is 0.0643 e. The third-order valence-corrected chi connectivity index (χ3v) is 3.86. The number of nitrogens with zero attached hydrogens (tertiary/aromatic N) is 1. The Morgan fingerprint density at radius 1 is 1.00 bits per heavy atom. The highest BCUT2D eigenvalue weighted by Gasteiger charge is 2.24. The second kappa shape index (κ2) is 6.38. The lowest BCUT2D eigenvalue weighted by Crippen LogP contribution is -2.32. The quantitative estimate of drug-likeness (QED) is 0.899. The van der Waals surface area contributed by atoms with E-state index in [1.807, 2.05) is 0 Å². The van der Waals surface area contributed by atoms with Gasteiger partial charge in [-0.1, -0.05) is 56.3 Å². The van der Waals surface area contributed by atoms with Crippen molar-refractivity contribution in [1.82, 2.24) is 4.90 Å². The molecule has 2 aromatic rings. The predicted molar refractivity (Wildman–Crippen MR) is 86.1 cm³/mol. The van der Waals surface area contributed by atoms with E-state index in [9.17, 15) is 5.11 Å². The third-order valence-electron chi connectivity index (χ3n) is 3.86. The normalized spacial score (nSPS) is 14.9. The molecule has 2 nitrogen and oxygen atoms in total. The number of aliphatic hydroxyl groups excluding tert-OH is 1. The van der Waals surface area contributed by atoms with Gasteiger partial charge in [0.1, 0.15) is 0 Å². The summed E-state index contributed by atoms with van der Waals surface area (Å²) in [5, 5.41) is 13.0. The average Bonchev–Trinajstić information content (AvgIpc) is 2.43. The summed E-state index contributed by atoms with van der Waals surface area (Å²) in [4.78, 5) is 2.14. The van der Waals surface area contributed by atoms with Gasteiger partial charge in [-0.2, -0.15) is 0 Å². The van der Waals surface area contributed by atoms with Gasteiger partial charge in [0, 0.05) is 12.5 Å². The van der Waals surface area contributed by atoms with Gasteiger partial charge in [0.25, 0.3) is 0 Å². The van der Waals surface area contributed by atoms with E-state index in [-0.39, 0.29) is 17.9 Å². The number of fused-ring (bicyclic) bond motifs is 1. The third kappa shape index (κ3) is 3.38. The highest BCUT2D eigenvalue weighted by Crippen LogP contribution is 2.28. The van der Waals surface area contributed by atoms with Gasteiger partial charge >= 0.3 is 0 Å². The van der Waals surface area contributed by atoms with E-state index in [0.717, 1.165) is 6.54 Å². The van der Waals surface area contributed by atoms with Crippen LogP contribution in [0.3, 0.4) is 0 Å². The van der Waals surface area contributed by atoms with Crippen LogP contribution in [0.2, 0.25) is 0 Å². The number of aliphatic hydroxyl groups is 1. The Labute approximate surface area is 122 Å². The summed E-state index contributed by atoms with van der Waals surface area (Å²) in [7, 11) is 4.11. The zero-order valence-corrected chi connectivity index (χ0v) is 12.9. The average molecular weight is 271 g/mol. The van der Waals surface area contributed by atoms with E-state index in [0.29, 0.717) is 0 Å². The summed E-state index contributed by atoms with van der Waals surface area (Å²) in [5.74, 6) is 0.404. The van der Waals surface area contributed by atoms with Crippen LogP contribution >= 0.6 is 0 Å². The molecule has 108 valence electrons. The fraction of sp³-hybridized carbons (Fsp3) is 0.444. The van der Waals surface area contributed by atoms with Crippen molar-refractivity contribution in [2.75, 3.05) is 20.6 Å². The number of rotatable bonds is 5. The Balaban J connectivity index is 2.39. The molecule has 0 aromatic heterocycles. The highest BCUT2D eigenvalue weighted by atomic mass is 16.3. The van der Waals surface area contributed by atoms with Crippen molar-refractivity contribution < 1.29 is 5.11 Å². The second-order valence-corrected chi connectivity index (χ2v) is 6.21. The van der Waals surface area contributed by atoms with Crippen LogP contribution in [-0.2, 0) is 0 Å². The van der Waals surface area contributed by atoms with Crippen molar-refractivity contribution in [1.29, 1.82) is 0 Å². The van der Waals surface area contributed by atoms with E-state index < -0.39 is 0 Å². The van der Waals surface area contributed by atoms with E-state index in [1.165, 1.54) is 16.3 Å². The lowest BCUT2D eigenvalue weighted by atomic mass is 9.86. The Morgan fingerprint density at radius 3 is 2.25 bits per heavy atom. The van der Waals surface area contributed by atoms with Gasteiger partial charge in [0.15, 0.2) is 0 Å². The second-order valence-electron chi connectivity index (χ2n) is 6.21. The Kier molecular flexibility index (Phi) is 4.79. The van der Waals surface area contributed by atoms with Crippen LogP contribution in [0.1, 0.15) is 25.3 Å². The van der Waals surface area contributed by atoms with Crippen LogP contribution in [0.5, 0.6) is 0 Å². The molecule has 0 amide bonds. The molecule has 2 aromatic carbocycles. The first-order chi connectivity index (χ1) is 9.49. The van der Waals surface area contributed by atoms with Crippen LogP contribution in [-0.4, -0.2) is 36.8 Å². The lowest BCUT2D eigenvalue weighted by molar-refractivity contribution is 0.0848. The number of hydrogen-bond donors (Lipinski definition) is 1. The van der Waals surface area contributed by atoms with Crippen LogP contribution in [0.4, 0.5) is 0 Å². The minimum atomic E-state index is -0.321. The molecule has 20 heavy (non-hydrogen) atoms. The fourth-order valence-corrected chi connectivity index (χ4v) is 2.71. The molecule has 0 aliphatic heterocycles. The summed E-state index contributed by atoms with van der Waals surface area (Å²) in [6, 6.07) is 14.9. The molecule has 0 heterocycles. The Morgan fingerprint density at radius 2 is 1.65 bits per heavy atom. The van der Waals surface area contributed by atoms with Crippen molar-refractivity contribution in [2.45, 2.75) is 25.9 Å². The minimum absolute atomic E-state index is 0.148. The highest BCUT2D eigenvalue weighted by molar-refractivity contribution is 5.83. The monoisotopic (exact) mass is 271 g/mol. The summed E-state index contributed by atoms with van der Waals surface area (Å²) in [5.41, 5.74) is 1.22. The maximum absolute atomic E-state index is 10.5. The maximum Gasteiger partial charge on any atom is 0.0643 e. The van der Waals surface area contributed by atoms with E-state index in [2.05, 4.69) is 75.3 Å². The molecular weight excluding hydrogens is 246 g/mol. The van der Waals surface area contributed by atoms with Crippen molar-refractivity contribution in [2.24, 2.45) is 5.92 Å². The molecule has 2 rings (SSSR count). The summed E-state index contributed by atoms with van der Waals surface area (Å²) in [6.07, 6.45) is -0.321. The number of benzene rings is 2. The molecule has 1 N–H and O–H groups in total. The van der Waals surface area contributed by atoms with Gasteiger partial charge in [-0.05, 0) is 36.3 Å². The molecule has 0 aliphatic rings. The first-order valence-electron chi connectivity index (χ1n) is 7.30. The molecule has 0 aliphatic carbocycles. The molecule has 0 spiro atoms. The van der Waals surface area contributed by atoms with Gasteiger partial charge in [0.05, 0.1) is 6.10 Å². The van der Waals surface area contributed by atoms with Crippen molar-refractivity contribution in [3.63, 3.8) is 0 Å². The van der Waals surface area contributed by atoms with Gasteiger partial charge in [-0.3, -0.25) is 0 Å². The first kappa shape index (κ1) is 15.0. The molecule has 0 saturated carbocycles. The van der Waals surface area contributed by atoms with Crippen molar-refractivity contribution >= 4 is 10.8 Å². The first-order valence-corrected chi connectivity index (χ1v) is 7.30. The van der Waals surface area contributed by atoms with Gasteiger partial charge in [-0.15, -0.1) is 0 Å². The van der Waals surface area contributed by atoms with Crippen LogP contribution in [0.25, 0.3) is 10.8 Å². The van der Waals surface area contributed by atoms with E-state index >= 15 is 0 Å². The molecular formula is C18H25NO. The van der Waals surface area contributed by atoms with Gasteiger partial charge < -0.3 is 10.0 Å². The predicted octanol–water partition coefficient (Wildman–Crippen LogP) is 3.50. The van der Waals surface area contributed by atoms with Crippen LogP contribution in [0.15, 0.2) is 42.5 Å². The van der Waals surface area contributed by atoms with Crippen LogP contribution < -0.4 is 0 Å². The maximum atomic E-state index is 10.5. The molecule has 0 fully saturated rings. The van der Waals surface area contributed by atoms with E-state index in [1.54, 1.807) is 0 Å². The Bertz CT molecular complexity index is 562. The summed E-state index contributed by atoms with van der Waals surface area (Å²) >= 11 is 0. The number of hydrogen-bond acceptors (Lipinski definition) is 2. The van der Waals surface area contributed by atoms with Crippen LogP contribution in [0, 0.1) is 5.92 Å². The molecule has 0 radical (unpaired) electrons. The largest absolute Gasteiger partial charge is 0.392 e. The van der Waals surface area contributed by atoms with Crippen molar-refractivity contribution in [3.05, 3.63) is 48.0 Å². The van der Waals surface area contributed by atoms with Gasteiger partial charge in [0.2, 0.25) is 0 Å².